The van der Waals surface area contributed by atoms with Crippen molar-refractivity contribution in [2.75, 3.05) is 0 Å². The second-order valence-corrected chi connectivity index (χ2v) is 9.33. The van der Waals surface area contributed by atoms with E-state index in [-0.39, 0.29) is 17.2 Å². The van der Waals surface area contributed by atoms with Gasteiger partial charge in [-0.15, -0.1) is 0 Å². The van der Waals surface area contributed by atoms with Crippen LogP contribution in [0.5, 0.6) is 17.2 Å². The highest BCUT2D eigenvalue weighted by atomic mass is 19.3. The summed E-state index contributed by atoms with van der Waals surface area (Å²) in [7, 11) is 0. The second kappa shape index (κ2) is 18.3. The fraction of sp³-hybridized carbons (Fsp3) is 0.0833. The molecule has 3 heterocycles. The van der Waals surface area contributed by atoms with Crippen molar-refractivity contribution >= 4 is 0 Å². The number of hydrogen-bond acceptors (Lipinski definition) is 6. The van der Waals surface area contributed by atoms with E-state index in [1.807, 2.05) is 30.3 Å². The van der Waals surface area contributed by atoms with Gasteiger partial charge in [-0.2, -0.15) is 26.3 Å². The van der Waals surface area contributed by atoms with E-state index in [0.717, 1.165) is 22.5 Å². The molecule has 0 aliphatic carbocycles. The van der Waals surface area contributed by atoms with Gasteiger partial charge in [-0.25, -0.2) is 0 Å². The lowest BCUT2D eigenvalue weighted by Gasteiger charge is -2.09. The maximum absolute atomic E-state index is 12.2. The lowest BCUT2D eigenvalue weighted by atomic mass is 10.1. The molecule has 0 saturated carbocycles. The fourth-order valence-corrected chi connectivity index (χ4v) is 4.10. The van der Waals surface area contributed by atoms with E-state index in [1.54, 1.807) is 85.3 Å². The smallest absolute Gasteiger partial charge is 0.387 e. The first-order valence-electron chi connectivity index (χ1n) is 14.2. The highest BCUT2D eigenvalue weighted by Gasteiger charge is 2.11. The van der Waals surface area contributed by atoms with Crippen molar-refractivity contribution in [3.8, 4) is 51.0 Å². The number of hydrogen-bond donors (Lipinski definition) is 0. The minimum atomic E-state index is -2.83. The molecular weight excluding hydrogens is 636 g/mol. The summed E-state index contributed by atoms with van der Waals surface area (Å²) in [6.07, 6.45) is 4.93. The highest BCUT2D eigenvalue weighted by molar-refractivity contribution is 5.66. The number of nitrogens with zero attached hydrogens (tertiary/aromatic N) is 3. The lowest BCUT2D eigenvalue weighted by Crippen LogP contribution is -2.03. The molecule has 0 fully saturated rings. The maximum atomic E-state index is 12.2. The summed E-state index contributed by atoms with van der Waals surface area (Å²) in [4.78, 5) is 12.4. The number of pyridine rings is 3. The monoisotopic (exact) mass is 663 g/mol. The van der Waals surface area contributed by atoms with Crippen molar-refractivity contribution in [1.29, 1.82) is 0 Å². The molecular formula is C36H27F6N3O3. The maximum Gasteiger partial charge on any atom is 0.387 e. The molecule has 0 N–H and O–H groups in total. The molecule has 246 valence electrons. The number of para-hydroxylation sites is 1. The van der Waals surface area contributed by atoms with Crippen LogP contribution in [0.1, 0.15) is 0 Å². The Kier molecular flexibility index (Phi) is 13.3. The van der Waals surface area contributed by atoms with Crippen LogP contribution in [0.15, 0.2) is 146 Å². The van der Waals surface area contributed by atoms with Gasteiger partial charge in [0.2, 0.25) is 0 Å². The molecule has 0 aliphatic heterocycles. The van der Waals surface area contributed by atoms with E-state index < -0.39 is 19.8 Å². The Balaban J connectivity index is 0.000000163. The van der Waals surface area contributed by atoms with Gasteiger partial charge in [0.1, 0.15) is 17.2 Å². The van der Waals surface area contributed by atoms with Gasteiger partial charge in [0.25, 0.3) is 0 Å². The van der Waals surface area contributed by atoms with Crippen LogP contribution in [0, 0.1) is 0 Å². The number of rotatable bonds is 9. The third-order valence-corrected chi connectivity index (χ3v) is 6.10. The standard InChI is InChI=1S/3C12H9F2NO/c13-12(14)16-10-5-3-4-9(8-10)11-6-1-2-7-15-11;13-12(14)16-11-7-2-1-5-9(11)10-6-3-4-8-15-10;13-12(14)16-10-6-4-9(5-7-10)11-3-1-2-8-15-11/h3*1-8,12H. The van der Waals surface area contributed by atoms with E-state index in [9.17, 15) is 26.3 Å². The molecule has 6 rings (SSSR count). The first-order chi connectivity index (χ1) is 23.3. The van der Waals surface area contributed by atoms with Crippen molar-refractivity contribution in [3.05, 3.63) is 146 Å². The molecule has 48 heavy (non-hydrogen) atoms. The molecule has 0 saturated heterocycles. The molecule has 0 amide bonds. The molecule has 12 heteroatoms. The molecule has 0 atom stereocenters. The summed E-state index contributed by atoms with van der Waals surface area (Å²) in [5, 5.41) is 0. The molecule has 6 aromatic rings. The summed E-state index contributed by atoms with van der Waals surface area (Å²) in [6.45, 7) is -8.43. The van der Waals surface area contributed by atoms with Crippen LogP contribution in [0.3, 0.4) is 0 Å². The average Bonchev–Trinajstić information content (AvgIpc) is 3.10. The highest BCUT2D eigenvalue weighted by Crippen LogP contribution is 2.29. The zero-order valence-corrected chi connectivity index (χ0v) is 24.9. The molecule has 6 nitrogen and oxygen atoms in total. The normalized spacial score (nSPS) is 10.4. The van der Waals surface area contributed by atoms with Crippen LogP contribution in [0.25, 0.3) is 33.8 Å². The summed E-state index contributed by atoms with van der Waals surface area (Å²) in [5.41, 5.74) is 4.30. The molecule has 3 aromatic heterocycles. The van der Waals surface area contributed by atoms with E-state index in [4.69, 9.17) is 0 Å². The van der Waals surface area contributed by atoms with E-state index in [2.05, 4.69) is 29.2 Å². The minimum Gasteiger partial charge on any atom is -0.435 e. The zero-order valence-electron chi connectivity index (χ0n) is 24.9. The summed E-state index contributed by atoms with van der Waals surface area (Å²) >= 11 is 0. The lowest BCUT2D eigenvalue weighted by molar-refractivity contribution is -0.0505. The van der Waals surface area contributed by atoms with Crippen molar-refractivity contribution in [3.63, 3.8) is 0 Å². The first-order valence-corrected chi connectivity index (χ1v) is 14.2. The van der Waals surface area contributed by atoms with Gasteiger partial charge in [-0.3, -0.25) is 15.0 Å². The van der Waals surface area contributed by atoms with Crippen molar-refractivity contribution in [2.45, 2.75) is 19.8 Å². The van der Waals surface area contributed by atoms with Crippen LogP contribution in [0.2, 0.25) is 0 Å². The SMILES string of the molecule is FC(F)Oc1ccc(-c2ccccn2)cc1.FC(F)Oc1cccc(-c2ccccn2)c1.FC(F)Oc1ccccc1-c1ccccn1. The Hall–Kier alpha value is -5.91. The molecule has 0 spiro atoms. The average molecular weight is 664 g/mol. The Morgan fingerprint density at radius 3 is 1.44 bits per heavy atom. The van der Waals surface area contributed by atoms with E-state index in [1.165, 1.54) is 30.3 Å². The Bertz CT molecular complexity index is 1780. The second-order valence-electron chi connectivity index (χ2n) is 9.33. The van der Waals surface area contributed by atoms with Crippen molar-refractivity contribution < 1.29 is 40.6 Å². The molecule has 3 aromatic carbocycles. The number of alkyl halides is 6. The van der Waals surface area contributed by atoms with Gasteiger partial charge >= 0.3 is 19.8 Å². The third kappa shape index (κ3) is 11.5. The van der Waals surface area contributed by atoms with Gasteiger partial charge in [0, 0.05) is 35.3 Å². The van der Waals surface area contributed by atoms with Crippen LogP contribution >= 0.6 is 0 Å². The quantitative estimate of drug-likeness (QED) is 0.144. The number of ether oxygens (including phenoxy) is 3. The number of benzene rings is 3. The fourth-order valence-electron chi connectivity index (χ4n) is 4.10. The first kappa shape index (κ1) is 35.0. The molecule has 0 unspecified atom stereocenters. The van der Waals surface area contributed by atoms with Gasteiger partial charge in [0.05, 0.1) is 17.1 Å². The predicted octanol–water partition coefficient (Wildman–Crippen LogP) is 10.0. The summed E-state index contributed by atoms with van der Waals surface area (Å²) < 4.78 is 85.2. The zero-order chi connectivity index (χ0) is 34.1. The predicted molar refractivity (Wildman–Crippen MR) is 169 cm³/mol. The number of halogens is 6. The largest absolute Gasteiger partial charge is 0.435 e. The Labute approximate surface area is 272 Å². The van der Waals surface area contributed by atoms with Gasteiger partial charge in [0.15, 0.2) is 0 Å². The van der Waals surface area contributed by atoms with Gasteiger partial charge < -0.3 is 14.2 Å². The Morgan fingerprint density at radius 1 is 0.396 bits per heavy atom. The third-order valence-electron chi connectivity index (χ3n) is 6.10. The molecule has 0 aliphatic rings. The van der Waals surface area contributed by atoms with Crippen LogP contribution in [-0.2, 0) is 0 Å². The van der Waals surface area contributed by atoms with Gasteiger partial charge in [-0.1, -0.05) is 42.5 Å². The van der Waals surface area contributed by atoms with Crippen LogP contribution in [0.4, 0.5) is 26.3 Å². The van der Waals surface area contributed by atoms with E-state index >= 15 is 0 Å². The number of aromatic nitrogens is 3. The Morgan fingerprint density at radius 2 is 0.896 bits per heavy atom. The van der Waals surface area contributed by atoms with E-state index in [0.29, 0.717) is 11.3 Å². The summed E-state index contributed by atoms with van der Waals surface area (Å²) in [6, 6.07) is 35.7. The van der Waals surface area contributed by atoms with Crippen molar-refractivity contribution in [2.24, 2.45) is 0 Å². The molecule has 0 bridgehead atoms. The van der Waals surface area contributed by atoms with Crippen LogP contribution < -0.4 is 14.2 Å². The van der Waals surface area contributed by atoms with Crippen LogP contribution in [-0.4, -0.2) is 34.8 Å². The topological polar surface area (TPSA) is 66.4 Å². The summed E-state index contributed by atoms with van der Waals surface area (Å²) in [5.74, 6) is 0.420. The van der Waals surface area contributed by atoms with Crippen molar-refractivity contribution in [1.82, 2.24) is 15.0 Å². The van der Waals surface area contributed by atoms with Gasteiger partial charge in [-0.05, 0) is 84.9 Å². The molecule has 0 radical (unpaired) electrons. The minimum absolute atomic E-state index is 0.135.